The Hall–Kier alpha value is -2.90. The number of amides is 2. The molecule has 1 N–H and O–H groups in total. The fraction of sp³-hybridized carbons (Fsp3) is 0.235. The van der Waals surface area contributed by atoms with Gasteiger partial charge in [0.2, 0.25) is 0 Å². The van der Waals surface area contributed by atoms with Crippen LogP contribution in [0, 0.1) is 0 Å². The summed E-state index contributed by atoms with van der Waals surface area (Å²) in [7, 11) is 1.38. The van der Waals surface area contributed by atoms with Gasteiger partial charge in [0.05, 0.1) is 0 Å². The Morgan fingerprint density at radius 2 is 1.56 bits per heavy atom. The summed E-state index contributed by atoms with van der Waals surface area (Å²) in [6.45, 7) is 0.132. The molecule has 3 rings (SSSR count). The molecule has 2 aromatic rings. The van der Waals surface area contributed by atoms with E-state index < -0.39 is 18.1 Å². The maximum absolute atomic E-state index is 13.5. The van der Waals surface area contributed by atoms with Crippen molar-refractivity contribution < 1.29 is 27.4 Å². The molecule has 0 bridgehead atoms. The monoisotopic (exact) mass is 352 g/mol. The zero-order valence-electron chi connectivity index (χ0n) is 13.2. The van der Waals surface area contributed by atoms with Crippen molar-refractivity contribution in [3.05, 3.63) is 60.2 Å². The Morgan fingerprint density at radius 3 is 2.08 bits per heavy atom. The molecule has 25 heavy (non-hydrogen) atoms. The van der Waals surface area contributed by atoms with Crippen molar-refractivity contribution >= 4 is 6.03 Å². The van der Waals surface area contributed by atoms with Crippen LogP contribution >= 0.6 is 0 Å². The van der Waals surface area contributed by atoms with E-state index in [-0.39, 0.29) is 18.0 Å². The van der Waals surface area contributed by atoms with Gasteiger partial charge in [-0.25, -0.2) is 4.79 Å². The van der Waals surface area contributed by atoms with Gasteiger partial charge >= 0.3 is 18.1 Å². The third-order valence-corrected chi connectivity index (χ3v) is 3.61. The van der Waals surface area contributed by atoms with Gasteiger partial charge in [0.25, 0.3) is 0 Å². The number of carbonyl (C=O) groups is 1. The molecule has 1 heterocycles. The third-order valence-electron chi connectivity index (χ3n) is 3.61. The van der Waals surface area contributed by atoms with Gasteiger partial charge in [0.1, 0.15) is 0 Å². The predicted octanol–water partition coefficient (Wildman–Crippen LogP) is 3.52. The van der Waals surface area contributed by atoms with E-state index in [0.717, 1.165) is 10.5 Å². The van der Waals surface area contributed by atoms with Crippen molar-refractivity contribution in [2.45, 2.75) is 18.6 Å². The minimum Gasteiger partial charge on any atom is -0.424 e. The van der Waals surface area contributed by atoms with E-state index in [4.69, 9.17) is 9.47 Å². The second-order valence-electron chi connectivity index (χ2n) is 5.54. The average molecular weight is 352 g/mol. The Kier molecular flexibility index (Phi) is 4.20. The number of hydrogen-bond donors (Lipinski definition) is 1. The molecule has 132 valence electrons. The number of carbonyl (C=O) groups excluding carboxylic acids is 1. The highest BCUT2D eigenvalue weighted by atomic mass is 19.4. The van der Waals surface area contributed by atoms with Crippen molar-refractivity contribution in [3.8, 4) is 11.5 Å². The molecule has 0 radical (unpaired) electrons. The molecule has 0 saturated carbocycles. The van der Waals surface area contributed by atoms with Crippen LogP contribution in [0.15, 0.2) is 54.6 Å². The SMILES string of the molecule is CN(Cc1ccccc1)C(=O)NC1(C(F)(F)F)Oc2ccccc2O1. The largest absolute Gasteiger partial charge is 0.492 e. The zero-order chi connectivity index (χ0) is 18.1. The van der Waals surface area contributed by atoms with Crippen LogP contribution < -0.4 is 14.8 Å². The summed E-state index contributed by atoms with van der Waals surface area (Å²) in [5, 5.41) is 1.82. The number of urea groups is 1. The molecule has 0 aliphatic carbocycles. The van der Waals surface area contributed by atoms with Gasteiger partial charge in [-0.2, -0.15) is 13.2 Å². The number of nitrogens with zero attached hydrogens (tertiary/aromatic N) is 1. The molecule has 0 fully saturated rings. The molecule has 0 spiro atoms. The van der Waals surface area contributed by atoms with E-state index in [0.29, 0.717) is 0 Å². The maximum atomic E-state index is 13.5. The second-order valence-corrected chi connectivity index (χ2v) is 5.54. The number of hydrogen-bond acceptors (Lipinski definition) is 3. The molecule has 2 aromatic carbocycles. The number of rotatable bonds is 3. The lowest BCUT2D eigenvalue weighted by Crippen LogP contribution is -2.66. The van der Waals surface area contributed by atoms with Crippen molar-refractivity contribution in [3.63, 3.8) is 0 Å². The summed E-state index contributed by atoms with van der Waals surface area (Å²) in [4.78, 5) is 13.4. The summed E-state index contributed by atoms with van der Waals surface area (Å²) in [5.74, 6) is -3.43. The van der Waals surface area contributed by atoms with Gasteiger partial charge in [-0.1, -0.05) is 42.5 Å². The molecule has 0 unspecified atom stereocenters. The van der Waals surface area contributed by atoms with Crippen LogP contribution in [-0.4, -0.2) is 30.1 Å². The first-order valence-electron chi connectivity index (χ1n) is 7.42. The summed E-state index contributed by atoms with van der Waals surface area (Å²) in [6.07, 6.45) is -4.98. The van der Waals surface area contributed by atoms with Gasteiger partial charge in [-0.15, -0.1) is 0 Å². The van der Waals surface area contributed by atoms with E-state index in [2.05, 4.69) is 0 Å². The summed E-state index contributed by atoms with van der Waals surface area (Å²) in [5.41, 5.74) is 0.776. The molecule has 5 nitrogen and oxygen atoms in total. The van der Waals surface area contributed by atoms with E-state index in [1.807, 2.05) is 5.32 Å². The highest BCUT2D eigenvalue weighted by Crippen LogP contribution is 2.44. The zero-order valence-corrected chi connectivity index (χ0v) is 13.2. The fourth-order valence-electron chi connectivity index (χ4n) is 2.35. The highest BCUT2D eigenvalue weighted by Gasteiger charge is 2.65. The van der Waals surface area contributed by atoms with Gasteiger partial charge in [-0.3, -0.25) is 5.32 Å². The van der Waals surface area contributed by atoms with Gasteiger partial charge in [-0.05, 0) is 17.7 Å². The molecule has 0 aromatic heterocycles. The molecule has 0 saturated heterocycles. The lowest BCUT2D eigenvalue weighted by atomic mass is 10.2. The standard InChI is InChI=1S/C17H15F3N2O3/c1-22(11-12-7-3-2-4-8-12)15(23)21-17(16(18,19)20)24-13-9-5-6-10-14(13)25-17/h2-10H,11H2,1H3,(H,21,23). The van der Waals surface area contributed by atoms with Crippen LogP contribution in [0.3, 0.4) is 0 Å². The minimum atomic E-state index is -4.98. The van der Waals surface area contributed by atoms with Gasteiger partial charge in [0.15, 0.2) is 11.5 Å². The summed E-state index contributed by atoms with van der Waals surface area (Å²) in [6, 6.07) is 13.6. The number of nitrogens with one attached hydrogen (secondary N) is 1. The number of alkyl halides is 3. The first kappa shape index (κ1) is 16.9. The topological polar surface area (TPSA) is 50.8 Å². The maximum Gasteiger partial charge on any atom is 0.492 e. The van der Waals surface area contributed by atoms with Crippen molar-refractivity contribution in [2.24, 2.45) is 0 Å². The normalized spacial score (nSPS) is 14.9. The van der Waals surface area contributed by atoms with Gasteiger partial charge in [0, 0.05) is 13.6 Å². The van der Waals surface area contributed by atoms with Crippen LogP contribution in [0.1, 0.15) is 5.56 Å². The highest BCUT2D eigenvalue weighted by molar-refractivity contribution is 5.74. The Bertz CT molecular complexity index is 740. The first-order valence-corrected chi connectivity index (χ1v) is 7.42. The van der Waals surface area contributed by atoms with Crippen LogP contribution in [0.25, 0.3) is 0 Å². The number of fused-ring (bicyclic) bond motifs is 1. The number of benzene rings is 2. The minimum absolute atomic E-state index is 0.0918. The van der Waals surface area contributed by atoms with E-state index >= 15 is 0 Å². The van der Waals surface area contributed by atoms with Crippen LogP contribution in [0.2, 0.25) is 0 Å². The molecule has 8 heteroatoms. The molecular formula is C17H15F3N2O3. The molecule has 2 amide bonds. The smallest absolute Gasteiger partial charge is 0.424 e. The number of para-hydroxylation sites is 2. The molecular weight excluding hydrogens is 337 g/mol. The Balaban J connectivity index is 1.77. The van der Waals surface area contributed by atoms with Crippen LogP contribution in [0.5, 0.6) is 11.5 Å². The quantitative estimate of drug-likeness (QED) is 0.920. The first-order chi connectivity index (χ1) is 11.8. The van der Waals surface area contributed by atoms with E-state index in [1.54, 1.807) is 30.3 Å². The Labute approximate surface area is 142 Å². The Morgan fingerprint density at radius 1 is 1.04 bits per heavy atom. The van der Waals surface area contributed by atoms with E-state index in [9.17, 15) is 18.0 Å². The average Bonchev–Trinajstić information content (AvgIpc) is 2.95. The third kappa shape index (κ3) is 3.33. The number of ether oxygens (including phenoxy) is 2. The fourth-order valence-corrected chi connectivity index (χ4v) is 2.35. The van der Waals surface area contributed by atoms with Crippen molar-refractivity contribution in [1.29, 1.82) is 0 Å². The molecule has 1 aliphatic heterocycles. The lowest BCUT2D eigenvalue weighted by molar-refractivity contribution is -0.318. The van der Waals surface area contributed by atoms with Crippen LogP contribution in [-0.2, 0) is 6.54 Å². The van der Waals surface area contributed by atoms with Gasteiger partial charge < -0.3 is 14.4 Å². The van der Waals surface area contributed by atoms with Crippen molar-refractivity contribution in [1.82, 2.24) is 10.2 Å². The summed E-state index contributed by atoms with van der Waals surface area (Å²) < 4.78 is 50.5. The lowest BCUT2D eigenvalue weighted by Gasteiger charge is -2.31. The second kappa shape index (κ2) is 6.19. The van der Waals surface area contributed by atoms with Crippen LogP contribution in [0.4, 0.5) is 18.0 Å². The summed E-state index contributed by atoms with van der Waals surface area (Å²) >= 11 is 0. The molecule has 1 aliphatic rings. The predicted molar refractivity (Wildman–Crippen MR) is 82.9 cm³/mol. The number of halogens is 3. The molecule has 0 atom stereocenters. The van der Waals surface area contributed by atoms with Crippen molar-refractivity contribution in [2.75, 3.05) is 7.05 Å². The van der Waals surface area contributed by atoms with E-state index in [1.165, 1.54) is 31.3 Å².